The topological polar surface area (TPSA) is 25.0 Å². The number of benzene rings is 1. The van der Waals surface area contributed by atoms with Crippen LogP contribution in [0.2, 0.25) is 0 Å². The summed E-state index contributed by atoms with van der Waals surface area (Å²) >= 11 is 0. The Labute approximate surface area is 77.5 Å². The molecule has 0 bridgehead atoms. The monoisotopic (exact) mass is 175 g/mol. The number of hydrogen-bond donors (Lipinski definition) is 1. The number of hydrogen-bond acceptors (Lipinski definition) is 1. The molecule has 2 aromatic rings. The van der Waals surface area contributed by atoms with Gasteiger partial charge in [-0.05, 0) is 36.9 Å². The molecule has 0 amide bonds. The highest BCUT2D eigenvalue weighted by Gasteiger charge is 2.01. The van der Waals surface area contributed by atoms with Crippen LogP contribution in [0, 0.1) is 6.92 Å². The normalized spacial score (nSPS) is 10.6. The molecule has 68 valence electrons. The molecule has 0 fully saturated rings. The van der Waals surface area contributed by atoms with E-state index in [1.54, 1.807) is 0 Å². The standard InChI is InChI=1S/C11H13NO/c1-3-13-11-7-10-9(4-5-12-10)6-8(11)2/h4-7,12H,3H2,1-2H3. The number of aromatic nitrogens is 1. The minimum absolute atomic E-state index is 0.715. The fourth-order valence-electron chi connectivity index (χ4n) is 1.51. The lowest BCUT2D eigenvalue weighted by molar-refractivity contribution is 0.338. The third-order valence-corrected chi connectivity index (χ3v) is 2.15. The van der Waals surface area contributed by atoms with E-state index in [9.17, 15) is 0 Å². The fourth-order valence-corrected chi connectivity index (χ4v) is 1.51. The van der Waals surface area contributed by atoms with Gasteiger partial charge in [-0.2, -0.15) is 0 Å². The number of fused-ring (bicyclic) bond motifs is 1. The van der Waals surface area contributed by atoms with Crippen LogP contribution < -0.4 is 4.74 Å². The predicted molar refractivity (Wildman–Crippen MR) is 54.2 cm³/mol. The van der Waals surface area contributed by atoms with Crippen molar-refractivity contribution in [2.45, 2.75) is 13.8 Å². The number of H-pyrrole nitrogens is 1. The zero-order valence-corrected chi connectivity index (χ0v) is 7.92. The quantitative estimate of drug-likeness (QED) is 0.745. The maximum atomic E-state index is 5.49. The van der Waals surface area contributed by atoms with E-state index in [1.165, 1.54) is 10.9 Å². The molecule has 0 aliphatic carbocycles. The second-order valence-corrected chi connectivity index (χ2v) is 3.12. The van der Waals surface area contributed by atoms with Gasteiger partial charge in [-0.1, -0.05) is 0 Å². The van der Waals surface area contributed by atoms with Gasteiger partial charge in [0.1, 0.15) is 5.75 Å². The molecule has 1 aromatic heterocycles. The molecule has 0 saturated heterocycles. The van der Waals surface area contributed by atoms with E-state index >= 15 is 0 Å². The van der Waals surface area contributed by atoms with Crippen LogP contribution in [0.15, 0.2) is 24.4 Å². The average Bonchev–Trinajstić information content (AvgIpc) is 2.52. The van der Waals surface area contributed by atoms with Gasteiger partial charge < -0.3 is 9.72 Å². The second-order valence-electron chi connectivity index (χ2n) is 3.12. The molecule has 0 aliphatic rings. The Balaban J connectivity index is 2.56. The summed E-state index contributed by atoms with van der Waals surface area (Å²) in [6.07, 6.45) is 1.94. The summed E-state index contributed by atoms with van der Waals surface area (Å²) in [4.78, 5) is 3.17. The first-order valence-electron chi connectivity index (χ1n) is 4.52. The maximum Gasteiger partial charge on any atom is 0.124 e. The molecule has 1 aromatic carbocycles. The van der Waals surface area contributed by atoms with Crippen LogP contribution in [0.4, 0.5) is 0 Å². The van der Waals surface area contributed by atoms with Crippen molar-refractivity contribution in [3.8, 4) is 5.75 Å². The van der Waals surface area contributed by atoms with Gasteiger partial charge in [-0.3, -0.25) is 0 Å². The van der Waals surface area contributed by atoms with Gasteiger partial charge in [0, 0.05) is 17.8 Å². The number of nitrogens with one attached hydrogen (secondary N) is 1. The molecule has 2 heteroatoms. The van der Waals surface area contributed by atoms with Gasteiger partial charge >= 0.3 is 0 Å². The molecule has 0 radical (unpaired) electrons. The van der Waals surface area contributed by atoms with Crippen LogP contribution in [-0.4, -0.2) is 11.6 Å². The molecule has 0 spiro atoms. The van der Waals surface area contributed by atoms with Crippen molar-refractivity contribution < 1.29 is 4.74 Å². The maximum absolute atomic E-state index is 5.49. The fraction of sp³-hybridized carbons (Fsp3) is 0.273. The van der Waals surface area contributed by atoms with E-state index in [0.29, 0.717) is 6.61 Å². The average molecular weight is 175 g/mol. The van der Waals surface area contributed by atoms with Crippen molar-refractivity contribution in [3.05, 3.63) is 30.0 Å². The largest absolute Gasteiger partial charge is 0.494 e. The molecule has 13 heavy (non-hydrogen) atoms. The predicted octanol–water partition coefficient (Wildman–Crippen LogP) is 2.88. The first-order valence-corrected chi connectivity index (χ1v) is 4.52. The summed E-state index contributed by atoms with van der Waals surface area (Å²) in [6.45, 7) is 4.78. The van der Waals surface area contributed by atoms with Gasteiger partial charge in [0.15, 0.2) is 0 Å². The number of aryl methyl sites for hydroxylation is 1. The summed E-state index contributed by atoms with van der Waals surface area (Å²) in [7, 11) is 0. The van der Waals surface area contributed by atoms with Crippen molar-refractivity contribution in [2.24, 2.45) is 0 Å². The summed E-state index contributed by atoms with van der Waals surface area (Å²) in [6, 6.07) is 6.25. The molecule has 0 saturated carbocycles. The summed E-state index contributed by atoms with van der Waals surface area (Å²) < 4.78 is 5.49. The first kappa shape index (κ1) is 8.17. The first-order chi connectivity index (χ1) is 6.31. The Bertz CT molecular complexity index is 417. The third kappa shape index (κ3) is 1.39. The van der Waals surface area contributed by atoms with E-state index in [-0.39, 0.29) is 0 Å². The molecular weight excluding hydrogens is 162 g/mol. The Morgan fingerprint density at radius 1 is 1.38 bits per heavy atom. The Hall–Kier alpha value is -1.44. The molecular formula is C11H13NO. The molecule has 2 nitrogen and oxygen atoms in total. The third-order valence-electron chi connectivity index (χ3n) is 2.15. The van der Waals surface area contributed by atoms with E-state index in [0.717, 1.165) is 11.3 Å². The van der Waals surface area contributed by atoms with E-state index in [1.807, 2.05) is 19.2 Å². The van der Waals surface area contributed by atoms with Gasteiger partial charge in [-0.15, -0.1) is 0 Å². The van der Waals surface area contributed by atoms with Crippen LogP contribution in [-0.2, 0) is 0 Å². The van der Waals surface area contributed by atoms with Crippen molar-refractivity contribution >= 4 is 10.9 Å². The molecule has 0 unspecified atom stereocenters. The summed E-state index contributed by atoms with van der Waals surface area (Å²) in [5.74, 6) is 0.970. The molecule has 1 N–H and O–H groups in total. The molecule has 1 heterocycles. The summed E-state index contributed by atoms with van der Waals surface area (Å²) in [5, 5.41) is 1.24. The Morgan fingerprint density at radius 2 is 2.23 bits per heavy atom. The zero-order valence-electron chi connectivity index (χ0n) is 7.92. The van der Waals surface area contributed by atoms with Gasteiger partial charge in [-0.25, -0.2) is 0 Å². The molecule has 0 atom stereocenters. The van der Waals surface area contributed by atoms with Crippen LogP contribution in [0.3, 0.4) is 0 Å². The minimum atomic E-state index is 0.715. The van der Waals surface area contributed by atoms with Gasteiger partial charge in [0.2, 0.25) is 0 Å². The summed E-state index contributed by atoms with van der Waals surface area (Å²) in [5.41, 5.74) is 2.32. The van der Waals surface area contributed by atoms with Crippen LogP contribution >= 0.6 is 0 Å². The van der Waals surface area contributed by atoms with Crippen molar-refractivity contribution in [1.29, 1.82) is 0 Å². The van der Waals surface area contributed by atoms with E-state index in [2.05, 4.69) is 24.0 Å². The lowest BCUT2D eigenvalue weighted by atomic mass is 10.1. The van der Waals surface area contributed by atoms with Crippen molar-refractivity contribution in [1.82, 2.24) is 4.98 Å². The highest BCUT2D eigenvalue weighted by Crippen LogP contribution is 2.24. The van der Waals surface area contributed by atoms with Crippen molar-refractivity contribution in [2.75, 3.05) is 6.61 Å². The Morgan fingerprint density at radius 3 is 3.00 bits per heavy atom. The van der Waals surface area contributed by atoms with Crippen molar-refractivity contribution in [3.63, 3.8) is 0 Å². The van der Waals surface area contributed by atoms with Crippen LogP contribution in [0.5, 0.6) is 5.75 Å². The lowest BCUT2D eigenvalue weighted by Crippen LogP contribution is -1.93. The zero-order chi connectivity index (χ0) is 9.26. The van der Waals surface area contributed by atoms with Gasteiger partial charge in [0.25, 0.3) is 0 Å². The SMILES string of the molecule is CCOc1cc2[nH]ccc2cc1C. The lowest BCUT2D eigenvalue weighted by Gasteiger charge is -2.06. The minimum Gasteiger partial charge on any atom is -0.494 e. The van der Waals surface area contributed by atoms with Gasteiger partial charge in [0.05, 0.1) is 6.61 Å². The van der Waals surface area contributed by atoms with E-state index < -0.39 is 0 Å². The molecule has 0 aliphatic heterocycles. The van der Waals surface area contributed by atoms with Crippen LogP contribution in [0.1, 0.15) is 12.5 Å². The van der Waals surface area contributed by atoms with Crippen LogP contribution in [0.25, 0.3) is 10.9 Å². The smallest absolute Gasteiger partial charge is 0.124 e. The number of ether oxygens (including phenoxy) is 1. The van der Waals surface area contributed by atoms with E-state index in [4.69, 9.17) is 4.74 Å². The Kier molecular flexibility index (Phi) is 1.97. The number of aromatic amines is 1. The number of rotatable bonds is 2. The second kappa shape index (κ2) is 3.13. The highest BCUT2D eigenvalue weighted by atomic mass is 16.5. The highest BCUT2D eigenvalue weighted by molar-refractivity contribution is 5.81. The molecule has 2 rings (SSSR count).